The summed E-state index contributed by atoms with van der Waals surface area (Å²) >= 11 is 5.82. The van der Waals surface area contributed by atoms with Gasteiger partial charge in [-0.3, -0.25) is 9.59 Å². The first-order chi connectivity index (χ1) is 11.9. The minimum Gasteiger partial charge on any atom is -0.347 e. The van der Waals surface area contributed by atoms with Gasteiger partial charge in [0.15, 0.2) is 0 Å². The number of halogens is 1. The van der Waals surface area contributed by atoms with Crippen molar-refractivity contribution < 1.29 is 9.59 Å². The molecule has 0 fully saturated rings. The minimum atomic E-state index is -0.236. The molecule has 4 nitrogen and oxygen atoms in total. The van der Waals surface area contributed by atoms with Crippen molar-refractivity contribution in [1.29, 1.82) is 0 Å². The Kier molecular flexibility index (Phi) is 6.59. The molecule has 0 aliphatic heterocycles. The van der Waals surface area contributed by atoms with Crippen molar-refractivity contribution in [2.75, 3.05) is 11.9 Å². The van der Waals surface area contributed by atoms with E-state index in [4.69, 9.17) is 11.6 Å². The van der Waals surface area contributed by atoms with Crippen molar-refractivity contribution in [3.63, 3.8) is 0 Å². The van der Waals surface area contributed by atoms with E-state index < -0.39 is 0 Å². The van der Waals surface area contributed by atoms with Crippen LogP contribution in [0.25, 0.3) is 0 Å². The zero-order valence-electron chi connectivity index (χ0n) is 14.7. The van der Waals surface area contributed by atoms with E-state index in [9.17, 15) is 9.59 Å². The third-order valence-electron chi connectivity index (χ3n) is 3.92. The number of benzene rings is 2. The van der Waals surface area contributed by atoms with Gasteiger partial charge in [-0.2, -0.15) is 0 Å². The fraction of sp³-hybridized carbons (Fsp3) is 0.300. The molecule has 0 unspecified atom stereocenters. The maximum atomic E-state index is 12.2. The molecular weight excluding hydrogens is 336 g/mol. The van der Waals surface area contributed by atoms with Gasteiger partial charge in [0.05, 0.1) is 13.0 Å². The lowest BCUT2D eigenvalue weighted by atomic mass is 9.98. The summed E-state index contributed by atoms with van der Waals surface area (Å²) in [7, 11) is 0. The Morgan fingerprint density at radius 2 is 1.72 bits per heavy atom. The van der Waals surface area contributed by atoms with Crippen molar-refractivity contribution in [2.24, 2.45) is 0 Å². The molecule has 5 heteroatoms. The Bertz CT molecular complexity index is 755. The number of aryl methyl sites for hydroxylation is 1. The van der Waals surface area contributed by atoms with Gasteiger partial charge in [-0.15, -0.1) is 0 Å². The van der Waals surface area contributed by atoms with E-state index >= 15 is 0 Å². The van der Waals surface area contributed by atoms with Gasteiger partial charge in [0.25, 0.3) is 0 Å². The van der Waals surface area contributed by atoms with Crippen LogP contribution in [0.1, 0.15) is 36.5 Å². The van der Waals surface area contributed by atoms with Crippen LogP contribution < -0.4 is 10.6 Å². The monoisotopic (exact) mass is 358 g/mol. The Morgan fingerprint density at radius 1 is 1.04 bits per heavy atom. The zero-order valence-corrected chi connectivity index (χ0v) is 15.5. The predicted molar refractivity (Wildman–Crippen MR) is 102 cm³/mol. The lowest BCUT2D eigenvalue weighted by molar-refractivity contribution is -0.123. The molecule has 0 saturated heterocycles. The number of rotatable bonds is 6. The highest BCUT2D eigenvalue weighted by Crippen LogP contribution is 2.27. The molecule has 0 aliphatic rings. The largest absolute Gasteiger partial charge is 0.347 e. The highest BCUT2D eigenvalue weighted by molar-refractivity contribution is 6.30. The third-order valence-corrected chi connectivity index (χ3v) is 4.17. The van der Waals surface area contributed by atoms with Crippen molar-refractivity contribution in [3.05, 3.63) is 64.2 Å². The van der Waals surface area contributed by atoms with Gasteiger partial charge in [-0.05, 0) is 41.7 Å². The molecule has 0 saturated carbocycles. The van der Waals surface area contributed by atoms with Gasteiger partial charge >= 0.3 is 0 Å². The molecule has 0 bridgehead atoms. The standard InChI is InChI=1S/C20H23ClN2O2/c1-13(2)17-6-4-5-14(3)20(17)23-19(25)12-22-18(24)11-15-7-9-16(21)10-8-15/h4-10,13H,11-12H2,1-3H3,(H,22,24)(H,23,25). The third kappa shape index (κ3) is 5.61. The molecule has 2 amide bonds. The van der Waals surface area contributed by atoms with Gasteiger partial charge in [-0.1, -0.05) is 55.8 Å². The predicted octanol–water partition coefficient (Wildman–Crippen LogP) is 4.07. The SMILES string of the molecule is Cc1cccc(C(C)C)c1NC(=O)CNC(=O)Cc1ccc(Cl)cc1. The highest BCUT2D eigenvalue weighted by Gasteiger charge is 2.13. The van der Waals surface area contributed by atoms with E-state index in [2.05, 4.69) is 24.5 Å². The molecule has 0 atom stereocenters. The molecule has 0 heterocycles. The molecule has 2 N–H and O–H groups in total. The number of amides is 2. The molecule has 0 spiro atoms. The van der Waals surface area contributed by atoms with Crippen LogP contribution in [0, 0.1) is 6.92 Å². The summed E-state index contributed by atoms with van der Waals surface area (Å²) in [5, 5.41) is 6.19. The lowest BCUT2D eigenvalue weighted by Gasteiger charge is -2.16. The lowest BCUT2D eigenvalue weighted by Crippen LogP contribution is -2.34. The summed E-state index contributed by atoms with van der Waals surface area (Å²) in [5.41, 5.74) is 3.77. The quantitative estimate of drug-likeness (QED) is 0.817. The molecule has 132 valence electrons. The number of hydrogen-bond donors (Lipinski definition) is 2. The van der Waals surface area contributed by atoms with Gasteiger partial charge in [0.1, 0.15) is 0 Å². The molecular formula is C20H23ClN2O2. The van der Waals surface area contributed by atoms with Crippen molar-refractivity contribution in [2.45, 2.75) is 33.1 Å². The van der Waals surface area contributed by atoms with Crippen LogP contribution in [0.2, 0.25) is 5.02 Å². The second-order valence-corrected chi connectivity index (χ2v) is 6.76. The summed E-state index contributed by atoms with van der Waals surface area (Å²) < 4.78 is 0. The Morgan fingerprint density at radius 3 is 2.36 bits per heavy atom. The van der Waals surface area contributed by atoms with E-state index in [1.807, 2.05) is 25.1 Å². The number of nitrogens with one attached hydrogen (secondary N) is 2. The Balaban J connectivity index is 1.91. The molecule has 0 radical (unpaired) electrons. The van der Waals surface area contributed by atoms with Crippen LogP contribution >= 0.6 is 11.6 Å². The van der Waals surface area contributed by atoms with E-state index in [1.165, 1.54) is 0 Å². The maximum Gasteiger partial charge on any atom is 0.243 e. The summed E-state index contributed by atoms with van der Waals surface area (Å²) in [6, 6.07) is 13.0. The summed E-state index contributed by atoms with van der Waals surface area (Å²) in [6.07, 6.45) is 0.214. The van der Waals surface area contributed by atoms with E-state index in [-0.39, 0.29) is 24.8 Å². The van der Waals surface area contributed by atoms with Crippen LogP contribution in [-0.4, -0.2) is 18.4 Å². The number of carbonyl (C=O) groups excluding carboxylic acids is 2. The van der Waals surface area contributed by atoms with Gasteiger partial charge in [0, 0.05) is 10.7 Å². The number of para-hydroxylation sites is 1. The topological polar surface area (TPSA) is 58.2 Å². The first kappa shape index (κ1) is 19.0. The van der Waals surface area contributed by atoms with E-state index in [0.717, 1.165) is 22.4 Å². The van der Waals surface area contributed by atoms with Crippen molar-refractivity contribution in [3.8, 4) is 0 Å². The van der Waals surface area contributed by atoms with Crippen LogP contribution in [-0.2, 0) is 16.0 Å². The Labute approximate surface area is 153 Å². The minimum absolute atomic E-state index is 0.0572. The molecule has 2 rings (SSSR count). The van der Waals surface area contributed by atoms with Crippen LogP contribution in [0.5, 0.6) is 0 Å². The molecule has 2 aromatic rings. The van der Waals surface area contributed by atoms with E-state index in [1.54, 1.807) is 24.3 Å². The fourth-order valence-electron chi connectivity index (χ4n) is 2.55. The first-order valence-electron chi connectivity index (χ1n) is 8.27. The zero-order chi connectivity index (χ0) is 18.4. The first-order valence-corrected chi connectivity index (χ1v) is 8.65. The number of hydrogen-bond acceptors (Lipinski definition) is 2. The van der Waals surface area contributed by atoms with Gasteiger partial charge in [-0.25, -0.2) is 0 Å². The average molecular weight is 359 g/mol. The molecule has 25 heavy (non-hydrogen) atoms. The van der Waals surface area contributed by atoms with Gasteiger partial charge < -0.3 is 10.6 Å². The molecule has 2 aromatic carbocycles. The van der Waals surface area contributed by atoms with Crippen molar-refractivity contribution >= 4 is 29.1 Å². The fourth-order valence-corrected chi connectivity index (χ4v) is 2.68. The average Bonchev–Trinajstić information content (AvgIpc) is 2.56. The molecule has 0 aliphatic carbocycles. The smallest absolute Gasteiger partial charge is 0.243 e. The second kappa shape index (κ2) is 8.67. The summed E-state index contributed by atoms with van der Waals surface area (Å²) in [5.74, 6) is -0.137. The Hall–Kier alpha value is -2.33. The normalized spacial score (nSPS) is 10.6. The highest BCUT2D eigenvalue weighted by atomic mass is 35.5. The van der Waals surface area contributed by atoms with Crippen molar-refractivity contribution in [1.82, 2.24) is 5.32 Å². The van der Waals surface area contributed by atoms with Crippen LogP contribution in [0.4, 0.5) is 5.69 Å². The number of carbonyl (C=O) groups is 2. The van der Waals surface area contributed by atoms with Crippen LogP contribution in [0.15, 0.2) is 42.5 Å². The molecule has 0 aromatic heterocycles. The maximum absolute atomic E-state index is 12.2. The van der Waals surface area contributed by atoms with Crippen LogP contribution in [0.3, 0.4) is 0 Å². The van der Waals surface area contributed by atoms with Gasteiger partial charge in [0.2, 0.25) is 11.8 Å². The summed E-state index contributed by atoms with van der Waals surface area (Å²) in [4.78, 5) is 24.2. The number of anilines is 1. The summed E-state index contributed by atoms with van der Waals surface area (Å²) in [6.45, 7) is 6.07. The second-order valence-electron chi connectivity index (χ2n) is 6.32. The van der Waals surface area contributed by atoms with E-state index in [0.29, 0.717) is 10.9 Å².